The molecule has 0 fully saturated rings. The molecule has 1 aromatic carbocycles. The van der Waals surface area contributed by atoms with E-state index in [4.69, 9.17) is 0 Å². The molecule has 0 atom stereocenters. The van der Waals surface area contributed by atoms with Crippen molar-refractivity contribution >= 4 is 17.5 Å². The van der Waals surface area contributed by atoms with E-state index in [0.29, 0.717) is 6.42 Å². The molecule has 2 amide bonds. The van der Waals surface area contributed by atoms with Crippen LogP contribution in [0.3, 0.4) is 0 Å². The highest BCUT2D eigenvalue weighted by Crippen LogP contribution is 2.24. The molecule has 1 aliphatic rings. The summed E-state index contributed by atoms with van der Waals surface area (Å²) in [6.07, 6.45) is 1.36. The molecule has 15 heavy (non-hydrogen) atoms. The SMILES string of the molecule is CNC(=O)Nc1ccc2c(c1)CCC2=O. The van der Waals surface area contributed by atoms with E-state index in [0.717, 1.165) is 23.2 Å². The normalized spacial score (nSPS) is 13.5. The minimum absolute atomic E-state index is 0.191. The number of Topliss-reactive ketones (excluding diaryl/α,β-unsaturated/α-hetero) is 1. The Kier molecular flexibility index (Phi) is 2.41. The van der Waals surface area contributed by atoms with Crippen LogP contribution in [0.15, 0.2) is 18.2 Å². The van der Waals surface area contributed by atoms with Crippen LogP contribution in [0, 0.1) is 0 Å². The topological polar surface area (TPSA) is 58.2 Å². The molecule has 0 radical (unpaired) electrons. The number of rotatable bonds is 1. The van der Waals surface area contributed by atoms with Gasteiger partial charge >= 0.3 is 6.03 Å². The van der Waals surface area contributed by atoms with Crippen LogP contribution in [0.5, 0.6) is 0 Å². The van der Waals surface area contributed by atoms with Gasteiger partial charge in [0.2, 0.25) is 0 Å². The molecule has 78 valence electrons. The van der Waals surface area contributed by atoms with E-state index in [9.17, 15) is 9.59 Å². The van der Waals surface area contributed by atoms with Crippen molar-refractivity contribution in [2.24, 2.45) is 0 Å². The molecule has 0 saturated carbocycles. The Morgan fingerprint density at radius 3 is 2.87 bits per heavy atom. The van der Waals surface area contributed by atoms with Crippen LogP contribution >= 0.6 is 0 Å². The number of hydrogen-bond donors (Lipinski definition) is 2. The maximum atomic E-state index is 11.4. The van der Waals surface area contributed by atoms with Gasteiger partial charge in [-0.3, -0.25) is 4.79 Å². The number of aryl methyl sites for hydroxylation is 1. The largest absolute Gasteiger partial charge is 0.341 e. The van der Waals surface area contributed by atoms with E-state index < -0.39 is 0 Å². The number of benzene rings is 1. The van der Waals surface area contributed by atoms with E-state index in [1.54, 1.807) is 19.2 Å². The zero-order chi connectivity index (χ0) is 10.8. The number of nitrogens with one attached hydrogen (secondary N) is 2. The van der Waals surface area contributed by atoms with Crippen LogP contribution in [0.4, 0.5) is 10.5 Å². The summed E-state index contributed by atoms with van der Waals surface area (Å²) in [6, 6.07) is 5.13. The van der Waals surface area contributed by atoms with Crippen LogP contribution in [-0.2, 0) is 6.42 Å². The van der Waals surface area contributed by atoms with Gasteiger partial charge in [0, 0.05) is 24.7 Å². The number of hydrogen-bond acceptors (Lipinski definition) is 2. The fourth-order valence-electron chi connectivity index (χ4n) is 1.73. The first-order valence-corrected chi connectivity index (χ1v) is 4.85. The molecule has 0 spiro atoms. The minimum Gasteiger partial charge on any atom is -0.341 e. The zero-order valence-electron chi connectivity index (χ0n) is 8.46. The first-order valence-electron chi connectivity index (χ1n) is 4.85. The Bertz CT molecular complexity index is 427. The maximum absolute atomic E-state index is 11.4. The lowest BCUT2D eigenvalue weighted by Gasteiger charge is -2.05. The second-order valence-electron chi connectivity index (χ2n) is 3.50. The van der Waals surface area contributed by atoms with Crippen molar-refractivity contribution in [1.29, 1.82) is 0 Å². The van der Waals surface area contributed by atoms with Crippen LogP contribution < -0.4 is 10.6 Å². The average molecular weight is 204 g/mol. The Balaban J connectivity index is 2.23. The van der Waals surface area contributed by atoms with Crippen molar-refractivity contribution in [3.8, 4) is 0 Å². The zero-order valence-corrected chi connectivity index (χ0v) is 8.46. The Hall–Kier alpha value is -1.84. The predicted molar refractivity (Wildman–Crippen MR) is 57.2 cm³/mol. The smallest absolute Gasteiger partial charge is 0.318 e. The van der Waals surface area contributed by atoms with Gasteiger partial charge in [-0.1, -0.05) is 0 Å². The lowest BCUT2D eigenvalue weighted by molar-refractivity contribution is 0.0994. The van der Waals surface area contributed by atoms with E-state index in [1.165, 1.54) is 0 Å². The Labute approximate surface area is 87.7 Å². The number of amides is 2. The van der Waals surface area contributed by atoms with Gasteiger partial charge in [-0.15, -0.1) is 0 Å². The summed E-state index contributed by atoms with van der Waals surface area (Å²) >= 11 is 0. The number of carbonyl (C=O) groups is 2. The summed E-state index contributed by atoms with van der Waals surface area (Å²) in [5, 5.41) is 5.15. The molecule has 1 aliphatic carbocycles. The maximum Gasteiger partial charge on any atom is 0.318 e. The summed E-state index contributed by atoms with van der Waals surface area (Å²) in [6.45, 7) is 0. The van der Waals surface area contributed by atoms with Crippen LogP contribution in [0.1, 0.15) is 22.3 Å². The van der Waals surface area contributed by atoms with Crippen molar-refractivity contribution in [3.05, 3.63) is 29.3 Å². The van der Waals surface area contributed by atoms with Crippen molar-refractivity contribution in [3.63, 3.8) is 0 Å². The predicted octanol–water partition coefficient (Wildman–Crippen LogP) is 1.57. The number of carbonyl (C=O) groups excluding carboxylic acids is 2. The fraction of sp³-hybridized carbons (Fsp3) is 0.273. The molecule has 2 N–H and O–H groups in total. The van der Waals surface area contributed by atoms with Gasteiger partial charge < -0.3 is 10.6 Å². The molecule has 4 nitrogen and oxygen atoms in total. The van der Waals surface area contributed by atoms with E-state index in [1.807, 2.05) is 6.07 Å². The third-order valence-electron chi connectivity index (χ3n) is 2.51. The molecule has 0 aliphatic heterocycles. The second kappa shape index (κ2) is 3.73. The van der Waals surface area contributed by atoms with Crippen LogP contribution in [0.25, 0.3) is 0 Å². The summed E-state index contributed by atoms with van der Waals surface area (Å²) < 4.78 is 0. The number of anilines is 1. The summed E-state index contributed by atoms with van der Waals surface area (Å²) in [5.74, 6) is 0.191. The molecule has 0 aromatic heterocycles. The third kappa shape index (κ3) is 1.83. The Morgan fingerprint density at radius 1 is 1.33 bits per heavy atom. The van der Waals surface area contributed by atoms with Crippen molar-refractivity contribution in [1.82, 2.24) is 5.32 Å². The highest BCUT2D eigenvalue weighted by atomic mass is 16.2. The highest BCUT2D eigenvalue weighted by molar-refractivity contribution is 6.01. The molecule has 1 aromatic rings. The van der Waals surface area contributed by atoms with Gasteiger partial charge in [-0.25, -0.2) is 4.79 Å². The molecule has 0 unspecified atom stereocenters. The molecular weight excluding hydrogens is 192 g/mol. The average Bonchev–Trinajstić information content (AvgIpc) is 2.60. The number of urea groups is 1. The van der Waals surface area contributed by atoms with Gasteiger partial charge in [0.15, 0.2) is 5.78 Å². The van der Waals surface area contributed by atoms with Gasteiger partial charge in [0.05, 0.1) is 0 Å². The standard InChI is InChI=1S/C11H12N2O2/c1-12-11(15)13-8-3-4-9-7(6-8)2-5-10(9)14/h3-4,6H,2,5H2,1H3,(H2,12,13,15). The third-order valence-corrected chi connectivity index (χ3v) is 2.51. The first kappa shape index (κ1) is 9.71. The fourth-order valence-corrected chi connectivity index (χ4v) is 1.73. The summed E-state index contributed by atoms with van der Waals surface area (Å²) in [5.41, 5.74) is 2.54. The quantitative estimate of drug-likeness (QED) is 0.729. The van der Waals surface area contributed by atoms with Crippen molar-refractivity contribution in [2.75, 3.05) is 12.4 Å². The Morgan fingerprint density at radius 2 is 2.13 bits per heavy atom. The van der Waals surface area contributed by atoms with Gasteiger partial charge in [0.1, 0.15) is 0 Å². The first-order chi connectivity index (χ1) is 7.20. The molecule has 0 bridgehead atoms. The van der Waals surface area contributed by atoms with Gasteiger partial charge in [-0.05, 0) is 30.2 Å². The number of ketones is 1. The van der Waals surface area contributed by atoms with Gasteiger partial charge in [-0.2, -0.15) is 0 Å². The molecular formula is C11H12N2O2. The highest BCUT2D eigenvalue weighted by Gasteiger charge is 2.19. The lowest BCUT2D eigenvalue weighted by atomic mass is 10.1. The molecule has 4 heteroatoms. The molecule has 0 saturated heterocycles. The molecule has 2 rings (SSSR count). The van der Waals surface area contributed by atoms with Gasteiger partial charge in [0.25, 0.3) is 0 Å². The second-order valence-corrected chi connectivity index (χ2v) is 3.50. The van der Waals surface area contributed by atoms with Crippen LogP contribution in [-0.4, -0.2) is 18.9 Å². The van der Waals surface area contributed by atoms with Crippen molar-refractivity contribution in [2.45, 2.75) is 12.8 Å². The van der Waals surface area contributed by atoms with E-state index in [-0.39, 0.29) is 11.8 Å². The minimum atomic E-state index is -0.251. The summed E-state index contributed by atoms with van der Waals surface area (Å²) in [4.78, 5) is 22.4. The van der Waals surface area contributed by atoms with E-state index >= 15 is 0 Å². The molecule has 0 heterocycles. The lowest BCUT2D eigenvalue weighted by Crippen LogP contribution is -2.24. The summed E-state index contributed by atoms with van der Waals surface area (Å²) in [7, 11) is 1.56. The van der Waals surface area contributed by atoms with Crippen LogP contribution in [0.2, 0.25) is 0 Å². The van der Waals surface area contributed by atoms with Crippen molar-refractivity contribution < 1.29 is 9.59 Å². The number of fused-ring (bicyclic) bond motifs is 1. The van der Waals surface area contributed by atoms with E-state index in [2.05, 4.69) is 10.6 Å². The monoisotopic (exact) mass is 204 g/mol.